The van der Waals surface area contributed by atoms with Crippen LogP contribution in [0.3, 0.4) is 0 Å². The molecule has 18 heavy (non-hydrogen) atoms. The zero-order chi connectivity index (χ0) is 12.7. The van der Waals surface area contributed by atoms with Crippen molar-refractivity contribution in [1.82, 2.24) is 14.8 Å². The molecule has 5 heteroatoms. The van der Waals surface area contributed by atoms with E-state index in [1.807, 2.05) is 38.1 Å². The first kappa shape index (κ1) is 10.8. The molecule has 1 aromatic carbocycles. The third-order valence-electron chi connectivity index (χ3n) is 2.84. The van der Waals surface area contributed by atoms with E-state index in [-0.39, 0.29) is 17.5 Å². The van der Waals surface area contributed by atoms with Gasteiger partial charge in [0.25, 0.3) is 5.56 Å². The van der Waals surface area contributed by atoms with Crippen molar-refractivity contribution in [2.24, 2.45) is 0 Å². The highest BCUT2D eigenvalue weighted by atomic mass is 16.4. The fourth-order valence-electron chi connectivity index (χ4n) is 1.81. The first-order chi connectivity index (χ1) is 8.65. The van der Waals surface area contributed by atoms with Gasteiger partial charge in [-0.2, -0.15) is 9.67 Å². The number of aromatic amines is 1. The van der Waals surface area contributed by atoms with Gasteiger partial charge < -0.3 is 4.42 Å². The molecule has 2 heterocycles. The molecule has 0 fully saturated rings. The summed E-state index contributed by atoms with van der Waals surface area (Å²) in [7, 11) is 0. The van der Waals surface area contributed by atoms with Crippen LogP contribution < -0.4 is 5.56 Å². The van der Waals surface area contributed by atoms with Crippen LogP contribution in [0.4, 0.5) is 0 Å². The van der Waals surface area contributed by atoms with Crippen molar-refractivity contribution in [3.8, 4) is 6.01 Å². The fourth-order valence-corrected chi connectivity index (χ4v) is 1.81. The number of aromatic nitrogens is 3. The van der Waals surface area contributed by atoms with E-state index in [4.69, 9.17) is 4.42 Å². The third kappa shape index (κ3) is 1.64. The largest absolute Gasteiger partial charge is 0.422 e. The Kier molecular flexibility index (Phi) is 2.33. The SMILES string of the molecule is CC(C)c1cc(=O)n(-c2nc3ccccc3o2)[nH]1. The molecule has 0 bridgehead atoms. The molecule has 2 aromatic heterocycles. The number of rotatable bonds is 2. The molecule has 0 spiro atoms. The number of hydrogen-bond acceptors (Lipinski definition) is 3. The molecular formula is C13H13N3O2. The van der Waals surface area contributed by atoms with Crippen LogP contribution in [0.2, 0.25) is 0 Å². The summed E-state index contributed by atoms with van der Waals surface area (Å²) in [5.41, 5.74) is 2.10. The van der Waals surface area contributed by atoms with Gasteiger partial charge >= 0.3 is 6.01 Å². The van der Waals surface area contributed by atoms with Crippen molar-refractivity contribution >= 4 is 11.1 Å². The second kappa shape index (κ2) is 3.87. The quantitative estimate of drug-likeness (QED) is 0.751. The van der Waals surface area contributed by atoms with Crippen molar-refractivity contribution in [2.75, 3.05) is 0 Å². The van der Waals surface area contributed by atoms with Crippen LogP contribution in [-0.2, 0) is 0 Å². The molecule has 0 amide bonds. The normalized spacial score (nSPS) is 11.5. The Morgan fingerprint density at radius 1 is 1.33 bits per heavy atom. The van der Waals surface area contributed by atoms with E-state index in [1.54, 1.807) is 6.07 Å². The Labute approximate surface area is 103 Å². The summed E-state index contributed by atoms with van der Waals surface area (Å²) in [5.74, 6) is 0.253. The highest BCUT2D eigenvalue weighted by Crippen LogP contribution is 2.17. The van der Waals surface area contributed by atoms with Crippen molar-refractivity contribution in [1.29, 1.82) is 0 Å². The fraction of sp³-hybridized carbons (Fsp3) is 0.231. The maximum atomic E-state index is 11.9. The van der Waals surface area contributed by atoms with Crippen molar-refractivity contribution in [3.05, 3.63) is 46.4 Å². The zero-order valence-corrected chi connectivity index (χ0v) is 10.2. The van der Waals surface area contributed by atoms with Crippen LogP contribution in [0.15, 0.2) is 39.5 Å². The van der Waals surface area contributed by atoms with E-state index in [1.165, 1.54) is 4.68 Å². The smallest absolute Gasteiger partial charge is 0.325 e. The zero-order valence-electron chi connectivity index (χ0n) is 10.2. The van der Waals surface area contributed by atoms with Gasteiger partial charge in [0.2, 0.25) is 0 Å². The topological polar surface area (TPSA) is 63.8 Å². The third-order valence-corrected chi connectivity index (χ3v) is 2.84. The minimum atomic E-state index is -0.162. The molecule has 0 aliphatic heterocycles. The number of H-pyrrole nitrogens is 1. The van der Waals surface area contributed by atoms with E-state index in [0.29, 0.717) is 5.58 Å². The molecule has 0 saturated heterocycles. The number of hydrogen-bond donors (Lipinski definition) is 1. The maximum absolute atomic E-state index is 11.9. The van der Waals surface area contributed by atoms with Crippen LogP contribution in [0, 0.1) is 0 Å². The van der Waals surface area contributed by atoms with Crippen molar-refractivity contribution < 1.29 is 4.42 Å². The Morgan fingerprint density at radius 2 is 2.11 bits per heavy atom. The second-order valence-electron chi connectivity index (χ2n) is 4.50. The van der Waals surface area contributed by atoms with E-state index in [2.05, 4.69) is 10.1 Å². The van der Waals surface area contributed by atoms with Crippen molar-refractivity contribution in [3.63, 3.8) is 0 Å². The maximum Gasteiger partial charge on any atom is 0.325 e. The number of fused-ring (bicyclic) bond motifs is 1. The number of oxazole rings is 1. The minimum Gasteiger partial charge on any atom is -0.422 e. The lowest BCUT2D eigenvalue weighted by molar-refractivity contribution is 0.533. The summed E-state index contributed by atoms with van der Waals surface area (Å²) in [4.78, 5) is 16.1. The summed E-state index contributed by atoms with van der Waals surface area (Å²) >= 11 is 0. The molecule has 0 radical (unpaired) electrons. The van der Waals surface area contributed by atoms with Crippen LogP contribution in [-0.4, -0.2) is 14.8 Å². The first-order valence-corrected chi connectivity index (χ1v) is 5.83. The number of para-hydroxylation sites is 2. The first-order valence-electron chi connectivity index (χ1n) is 5.83. The van der Waals surface area contributed by atoms with Gasteiger partial charge in [0.1, 0.15) is 5.52 Å². The van der Waals surface area contributed by atoms with Crippen LogP contribution >= 0.6 is 0 Å². The molecule has 0 saturated carbocycles. The van der Waals surface area contributed by atoms with Gasteiger partial charge in [-0.3, -0.25) is 9.89 Å². The number of nitrogens with one attached hydrogen (secondary N) is 1. The monoisotopic (exact) mass is 243 g/mol. The molecule has 0 aliphatic rings. The van der Waals surface area contributed by atoms with Gasteiger partial charge in [0.05, 0.1) is 0 Å². The lowest BCUT2D eigenvalue weighted by Gasteiger charge is -1.99. The second-order valence-corrected chi connectivity index (χ2v) is 4.50. The van der Waals surface area contributed by atoms with E-state index in [9.17, 15) is 4.79 Å². The van der Waals surface area contributed by atoms with Gasteiger partial charge in [0.15, 0.2) is 5.58 Å². The Hall–Kier alpha value is -2.30. The van der Waals surface area contributed by atoms with E-state index >= 15 is 0 Å². The van der Waals surface area contributed by atoms with E-state index in [0.717, 1.165) is 11.2 Å². The molecule has 0 atom stereocenters. The molecule has 3 aromatic rings. The minimum absolute atomic E-state index is 0.162. The van der Waals surface area contributed by atoms with Gasteiger partial charge in [-0.1, -0.05) is 26.0 Å². The standard InChI is InChI=1S/C13H13N3O2/c1-8(2)10-7-12(17)16(15-10)13-14-9-5-3-4-6-11(9)18-13/h3-8,15H,1-2H3. The van der Waals surface area contributed by atoms with Gasteiger partial charge in [0, 0.05) is 11.8 Å². The molecule has 1 N–H and O–H groups in total. The molecular weight excluding hydrogens is 230 g/mol. The van der Waals surface area contributed by atoms with E-state index < -0.39 is 0 Å². The summed E-state index contributed by atoms with van der Waals surface area (Å²) in [6, 6.07) is 9.26. The van der Waals surface area contributed by atoms with Gasteiger partial charge in [-0.25, -0.2) is 0 Å². The number of benzene rings is 1. The summed E-state index contributed by atoms with van der Waals surface area (Å²) < 4.78 is 6.88. The molecule has 5 nitrogen and oxygen atoms in total. The average Bonchev–Trinajstić information content (AvgIpc) is 2.91. The lowest BCUT2D eigenvalue weighted by Crippen LogP contribution is -2.13. The number of nitrogens with zero attached hydrogens (tertiary/aromatic N) is 2. The summed E-state index contributed by atoms with van der Waals surface area (Å²) in [6.07, 6.45) is 0. The van der Waals surface area contributed by atoms with Crippen LogP contribution in [0.5, 0.6) is 0 Å². The molecule has 0 unspecified atom stereocenters. The Morgan fingerprint density at radius 3 is 2.78 bits per heavy atom. The summed E-state index contributed by atoms with van der Waals surface area (Å²) in [5, 5.41) is 3.01. The predicted molar refractivity (Wildman–Crippen MR) is 68.0 cm³/mol. The van der Waals surface area contributed by atoms with Crippen LogP contribution in [0.1, 0.15) is 25.5 Å². The highest BCUT2D eigenvalue weighted by Gasteiger charge is 2.12. The molecule has 92 valence electrons. The highest BCUT2D eigenvalue weighted by molar-refractivity contribution is 5.73. The Balaban J connectivity index is 2.17. The van der Waals surface area contributed by atoms with Crippen LogP contribution in [0.25, 0.3) is 17.1 Å². The van der Waals surface area contributed by atoms with Gasteiger partial charge in [-0.15, -0.1) is 0 Å². The average molecular weight is 243 g/mol. The van der Waals surface area contributed by atoms with Crippen molar-refractivity contribution in [2.45, 2.75) is 19.8 Å². The summed E-state index contributed by atoms with van der Waals surface area (Å²) in [6.45, 7) is 4.03. The molecule has 0 aliphatic carbocycles. The molecule has 3 rings (SSSR count). The van der Waals surface area contributed by atoms with Gasteiger partial charge in [-0.05, 0) is 18.1 Å². The predicted octanol–water partition coefficient (Wildman–Crippen LogP) is 2.43. The Bertz CT molecular complexity index is 716. The lowest BCUT2D eigenvalue weighted by atomic mass is 10.1.